The van der Waals surface area contributed by atoms with Crippen LogP contribution < -0.4 is 0 Å². The summed E-state index contributed by atoms with van der Waals surface area (Å²) >= 11 is 0. The molecule has 0 spiro atoms. The lowest BCUT2D eigenvalue weighted by molar-refractivity contribution is 1.35. The second-order valence-corrected chi connectivity index (χ2v) is 12.3. The highest BCUT2D eigenvalue weighted by atomic mass is 14.7. The highest BCUT2D eigenvalue weighted by molar-refractivity contribution is 6.22. The second-order valence-electron chi connectivity index (χ2n) is 12.3. The fourth-order valence-corrected chi connectivity index (χ4v) is 7.28. The largest absolute Gasteiger partial charge is 0.255 e. The van der Waals surface area contributed by atoms with Crippen molar-refractivity contribution >= 4 is 32.3 Å². The van der Waals surface area contributed by atoms with E-state index in [1.54, 1.807) is 0 Å². The lowest BCUT2D eigenvalue weighted by Gasteiger charge is -2.18. The van der Waals surface area contributed by atoms with Gasteiger partial charge in [-0.15, -0.1) is 0 Å². The number of rotatable bonds is 5. The average Bonchev–Trinajstić information content (AvgIpc) is 3.17. The molecule has 0 atom stereocenters. The molecule has 0 saturated heterocycles. The van der Waals surface area contributed by atoms with Gasteiger partial charge >= 0.3 is 0 Å². The van der Waals surface area contributed by atoms with Gasteiger partial charge in [0.25, 0.3) is 0 Å². The summed E-state index contributed by atoms with van der Waals surface area (Å²) in [6, 6.07) is 65.4. The Labute approximate surface area is 280 Å². The summed E-state index contributed by atoms with van der Waals surface area (Å²) in [7, 11) is 0. The van der Waals surface area contributed by atoms with Gasteiger partial charge in [-0.2, -0.15) is 0 Å². The van der Waals surface area contributed by atoms with Gasteiger partial charge in [0, 0.05) is 22.7 Å². The lowest BCUT2D eigenvalue weighted by Crippen LogP contribution is -1.92. The quantitative estimate of drug-likeness (QED) is 0.177. The van der Waals surface area contributed by atoms with Crippen molar-refractivity contribution in [2.45, 2.75) is 0 Å². The van der Waals surface area contributed by atoms with Gasteiger partial charge in [-0.05, 0) is 71.9 Å². The van der Waals surface area contributed by atoms with E-state index in [4.69, 9.17) is 4.98 Å². The minimum Gasteiger partial charge on any atom is -0.255 e. The van der Waals surface area contributed by atoms with E-state index in [1.807, 2.05) is 6.20 Å². The smallest absolute Gasteiger partial charge is 0.0780 e. The predicted octanol–water partition coefficient (Wildman–Crippen LogP) is 12.9. The molecule has 0 aliphatic heterocycles. The standard InChI is InChI=1S/C47H31N/c1-4-14-33(15-5-1)44-31-48-47(42-23-13-10-20-38(42)44)36-26-24-32(25-27-36)37-28-29-41-43(30-37)46(35-18-8-3-9-19-35)40-22-12-11-21-39(40)45(41)34-16-6-2-7-17-34/h1-31H. The Hall–Kier alpha value is -6.31. The van der Waals surface area contributed by atoms with Crippen LogP contribution in [0.3, 0.4) is 0 Å². The van der Waals surface area contributed by atoms with Gasteiger partial charge in [0.1, 0.15) is 0 Å². The van der Waals surface area contributed by atoms with Crippen molar-refractivity contribution in [2.75, 3.05) is 0 Å². The van der Waals surface area contributed by atoms with E-state index in [9.17, 15) is 0 Å². The zero-order valence-electron chi connectivity index (χ0n) is 26.3. The second kappa shape index (κ2) is 11.8. The summed E-state index contributed by atoms with van der Waals surface area (Å²) in [6.45, 7) is 0. The number of aromatic nitrogens is 1. The molecule has 0 fully saturated rings. The molecule has 224 valence electrons. The highest BCUT2D eigenvalue weighted by Gasteiger charge is 2.17. The number of hydrogen-bond acceptors (Lipinski definition) is 1. The number of nitrogens with zero attached hydrogens (tertiary/aromatic N) is 1. The Bertz CT molecular complexity index is 2570. The summed E-state index contributed by atoms with van der Waals surface area (Å²) in [6.07, 6.45) is 2.02. The van der Waals surface area contributed by atoms with Crippen LogP contribution in [-0.4, -0.2) is 4.98 Å². The van der Waals surface area contributed by atoms with Crippen molar-refractivity contribution in [1.29, 1.82) is 0 Å². The molecule has 0 saturated carbocycles. The molecule has 0 N–H and O–H groups in total. The Morgan fingerprint density at radius 3 is 1.31 bits per heavy atom. The van der Waals surface area contributed by atoms with Gasteiger partial charge in [0.2, 0.25) is 0 Å². The van der Waals surface area contributed by atoms with Crippen LogP contribution in [0.2, 0.25) is 0 Å². The van der Waals surface area contributed by atoms with Crippen molar-refractivity contribution in [2.24, 2.45) is 0 Å². The van der Waals surface area contributed by atoms with Crippen molar-refractivity contribution in [1.82, 2.24) is 4.98 Å². The number of benzene rings is 8. The average molecular weight is 610 g/mol. The van der Waals surface area contributed by atoms with E-state index in [0.717, 1.165) is 22.2 Å². The van der Waals surface area contributed by atoms with Gasteiger partial charge in [-0.1, -0.05) is 176 Å². The zero-order chi connectivity index (χ0) is 31.9. The summed E-state index contributed by atoms with van der Waals surface area (Å²) < 4.78 is 0. The van der Waals surface area contributed by atoms with Crippen LogP contribution in [0, 0.1) is 0 Å². The molecule has 1 heterocycles. The van der Waals surface area contributed by atoms with E-state index >= 15 is 0 Å². The molecule has 0 unspecified atom stereocenters. The zero-order valence-corrected chi connectivity index (χ0v) is 26.3. The lowest BCUT2D eigenvalue weighted by atomic mass is 9.85. The first-order chi connectivity index (χ1) is 23.8. The Morgan fingerprint density at radius 1 is 0.271 bits per heavy atom. The summed E-state index contributed by atoms with van der Waals surface area (Å²) in [4.78, 5) is 5.01. The molecule has 9 aromatic rings. The molecular formula is C47H31N. The third-order valence-electron chi connectivity index (χ3n) is 9.52. The number of fused-ring (bicyclic) bond motifs is 3. The molecule has 1 aromatic heterocycles. The van der Waals surface area contributed by atoms with Gasteiger partial charge in [-0.25, -0.2) is 0 Å². The molecule has 0 radical (unpaired) electrons. The molecular weight excluding hydrogens is 579 g/mol. The maximum Gasteiger partial charge on any atom is 0.0780 e. The molecule has 9 rings (SSSR count). The number of hydrogen-bond donors (Lipinski definition) is 0. The van der Waals surface area contributed by atoms with E-state index in [1.165, 1.54) is 65.9 Å². The van der Waals surface area contributed by atoms with E-state index in [-0.39, 0.29) is 0 Å². The molecule has 1 nitrogen and oxygen atoms in total. The fraction of sp³-hybridized carbons (Fsp3) is 0. The van der Waals surface area contributed by atoms with Gasteiger partial charge in [0.05, 0.1) is 5.69 Å². The molecule has 8 aromatic carbocycles. The third-order valence-corrected chi connectivity index (χ3v) is 9.52. The van der Waals surface area contributed by atoms with E-state index < -0.39 is 0 Å². The van der Waals surface area contributed by atoms with Crippen LogP contribution in [0.15, 0.2) is 188 Å². The maximum atomic E-state index is 5.01. The predicted molar refractivity (Wildman–Crippen MR) is 204 cm³/mol. The first kappa shape index (κ1) is 28.0. The van der Waals surface area contributed by atoms with Crippen molar-refractivity contribution in [3.05, 3.63) is 188 Å². The molecule has 0 aliphatic rings. The van der Waals surface area contributed by atoms with Crippen LogP contribution in [0.5, 0.6) is 0 Å². The SMILES string of the molecule is c1ccc(-c2cnc(-c3ccc(-c4ccc5c(-c6ccccc6)c6ccccc6c(-c6ccccc6)c5c4)cc3)c3ccccc23)cc1. The summed E-state index contributed by atoms with van der Waals surface area (Å²) in [5, 5.41) is 7.41. The third kappa shape index (κ3) is 4.76. The minimum atomic E-state index is 1.00. The molecule has 0 aliphatic carbocycles. The van der Waals surface area contributed by atoms with Gasteiger partial charge < -0.3 is 0 Å². The normalized spacial score (nSPS) is 11.3. The van der Waals surface area contributed by atoms with Crippen LogP contribution in [0.4, 0.5) is 0 Å². The first-order valence-corrected chi connectivity index (χ1v) is 16.5. The van der Waals surface area contributed by atoms with Crippen molar-refractivity contribution < 1.29 is 0 Å². The topological polar surface area (TPSA) is 12.9 Å². The van der Waals surface area contributed by atoms with Crippen LogP contribution in [0.25, 0.3) is 88.1 Å². The fourth-order valence-electron chi connectivity index (χ4n) is 7.28. The monoisotopic (exact) mass is 609 g/mol. The van der Waals surface area contributed by atoms with Crippen LogP contribution >= 0.6 is 0 Å². The Kier molecular flexibility index (Phi) is 6.87. The number of pyridine rings is 1. The minimum absolute atomic E-state index is 1.00. The maximum absolute atomic E-state index is 5.01. The van der Waals surface area contributed by atoms with Gasteiger partial charge in [-0.3, -0.25) is 4.98 Å². The van der Waals surface area contributed by atoms with E-state index in [0.29, 0.717) is 0 Å². The Morgan fingerprint density at radius 2 is 0.708 bits per heavy atom. The molecule has 0 bridgehead atoms. The highest BCUT2D eigenvalue weighted by Crippen LogP contribution is 2.45. The van der Waals surface area contributed by atoms with Crippen molar-refractivity contribution in [3.63, 3.8) is 0 Å². The molecule has 1 heteroatoms. The Balaban J connectivity index is 1.20. The van der Waals surface area contributed by atoms with Gasteiger partial charge in [0.15, 0.2) is 0 Å². The van der Waals surface area contributed by atoms with Crippen molar-refractivity contribution in [3.8, 4) is 55.8 Å². The van der Waals surface area contributed by atoms with Crippen LogP contribution in [0.1, 0.15) is 0 Å². The molecule has 0 amide bonds. The summed E-state index contributed by atoms with van der Waals surface area (Å²) in [5.41, 5.74) is 11.8. The summed E-state index contributed by atoms with van der Waals surface area (Å²) in [5.74, 6) is 0. The first-order valence-electron chi connectivity index (χ1n) is 16.5. The molecule has 48 heavy (non-hydrogen) atoms. The van der Waals surface area contributed by atoms with E-state index in [2.05, 4.69) is 182 Å². The van der Waals surface area contributed by atoms with Crippen LogP contribution in [-0.2, 0) is 0 Å².